The third-order valence-electron chi connectivity index (χ3n) is 3.95. The Morgan fingerprint density at radius 1 is 0.769 bits per heavy atom. The molecule has 2 aromatic rings. The molecule has 0 radical (unpaired) electrons. The highest BCUT2D eigenvalue weighted by atomic mass is 16.5. The van der Waals surface area contributed by atoms with Crippen LogP contribution in [0, 0.1) is 0 Å². The standard InChI is InChI=1S/C21H22O5/c1-21(2,3)17-11-9-14(10-12-17)18(22)13-26-20(24)16-7-5-15(6-8-16)19(23)25-4/h5-12H,13H2,1-4H3. The zero-order valence-electron chi connectivity index (χ0n) is 15.4. The maximum Gasteiger partial charge on any atom is 0.338 e. The molecular weight excluding hydrogens is 332 g/mol. The fourth-order valence-electron chi connectivity index (χ4n) is 2.31. The van der Waals surface area contributed by atoms with Crippen LogP contribution in [-0.2, 0) is 14.9 Å². The molecule has 0 amide bonds. The van der Waals surface area contributed by atoms with E-state index in [9.17, 15) is 14.4 Å². The molecule has 0 bridgehead atoms. The van der Waals surface area contributed by atoms with Gasteiger partial charge < -0.3 is 9.47 Å². The second-order valence-corrected chi connectivity index (χ2v) is 6.90. The van der Waals surface area contributed by atoms with Gasteiger partial charge in [0.05, 0.1) is 18.2 Å². The van der Waals surface area contributed by atoms with Crippen molar-refractivity contribution >= 4 is 17.7 Å². The number of carbonyl (C=O) groups excluding carboxylic acids is 3. The van der Waals surface area contributed by atoms with Gasteiger partial charge >= 0.3 is 11.9 Å². The molecule has 2 rings (SSSR count). The van der Waals surface area contributed by atoms with Crippen LogP contribution in [0.25, 0.3) is 0 Å². The van der Waals surface area contributed by atoms with Crippen LogP contribution >= 0.6 is 0 Å². The van der Waals surface area contributed by atoms with Crippen molar-refractivity contribution in [3.05, 3.63) is 70.8 Å². The summed E-state index contributed by atoms with van der Waals surface area (Å²) in [7, 11) is 1.28. The Kier molecular flexibility index (Phi) is 5.93. The van der Waals surface area contributed by atoms with Gasteiger partial charge in [-0.25, -0.2) is 9.59 Å². The number of hydrogen-bond acceptors (Lipinski definition) is 5. The van der Waals surface area contributed by atoms with E-state index in [2.05, 4.69) is 25.5 Å². The SMILES string of the molecule is COC(=O)c1ccc(C(=O)OCC(=O)c2ccc(C(C)(C)C)cc2)cc1. The Balaban J connectivity index is 1.96. The second kappa shape index (κ2) is 7.95. The van der Waals surface area contributed by atoms with E-state index in [4.69, 9.17) is 4.74 Å². The molecule has 2 aromatic carbocycles. The van der Waals surface area contributed by atoms with Gasteiger partial charge in [0.2, 0.25) is 0 Å². The summed E-state index contributed by atoms with van der Waals surface area (Å²) in [6.45, 7) is 5.94. The van der Waals surface area contributed by atoms with Crippen molar-refractivity contribution in [2.24, 2.45) is 0 Å². The highest BCUT2D eigenvalue weighted by Gasteiger charge is 2.16. The summed E-state index contributed by atoms with van der Waals surface area (Å²) in [5, 5.41) is 0. The Hall–Kier alpha value is -2.95. The molecule has 136 valence electrons. The van der Waals surface area contributed by atoms with Crippen molar-refractivity contribution in [3.8, 4) is 0 Å². The van der Waals surface area contributed by atoms with Crippen molar-refractivity contribution in [2.45, 2.75) is 26.2 Å². The summed E-state index contributed by atoms with van der Waals surface area (Å²) in [5.74, 6) is -1.38. The molecule has 0 fully saturated rings. The first-order chi connectivity index (χ1) is 12.2. The van der Waals surface area contributed by atoms with Gasteiger partial charge in [-0.15, -0.1) is 0 Å². The van der Waals surface area contributed by atoms with Crippen molar-refractivity contribution in [2.75, 3.05) is 13.7 Å². The first kappa shape index (κ1) is 19.4. The van der Waals surface area contributed by atoms with Crippen LogP contribution < -0.4 is 0 Å². The largest absolute Gasteiger partial charge is 0.465 e. The van der Waals surface area contributed by atoms with Crippen LogP contribution in [0.5, 0.6) is 0 Å². The Labute approximate surface area is 152 Å². The highest BCUT2D eigenvalue weighted by molar-refractivity contribution is 5.99. The summed E-state index contributed by atoms with van der Waals surface area (Å²) in [5.41, 5.74) is 2.21. The number of ether oxygens (including phenoxy) is 2. The van der Waals surface area contributed by atoms with Crippen LogP contribution in [0.3, 0.4) is 0 Å². The first-order valence-electron chi connectivity index (χ1n) is 8.21. The molecule has 0 unspecified atom stereocenters. The topological polar surface area (TPSA) is 69.7 Å². The molecule has 0 aromatic heterocycles. The summed E-state index contributed by atoms with van der Waals surface area (Å²) < 4.78 is 9.66. The van der Waals surface area contributed by atoms with Crippen molar-refractivity contribution in [1.29, 1.82) is 0 Å². The van der Waals surface area contributed by atoms with Gasteiger partial charge in [-0.05, 0) is 35.2 Å². The zero-order valence-corrected chi connectivity index (χ0v) is 15.4. The first-order valence-corrected chi connectivity index (χ1v) is 8.21. The van der Waals surface area contributed by atoms with Gasteiger partial charge in [0.25, 0.3) is 0 Å². The Morgan fingerprint density at radius 3 is 1.69 bits per heavy atom. The molecule has 0 aliphatic heterocycles. The fraction of sp³-hybridized carbons (Fsp3) is 0.286. The third-order valence-corrected chi connectivity index (χ3v) is 3.95. The summed E-state index contributed by atoms with van der Waals surface area (Å²) in [6.07, 6.45) is 0. The Morgan fingerprint density at radius 2 is 1.23 bits per heavy atom. The summed E-state index contributed by atoms with van der Waals surface area (Å²) >= 11 is 0. The van der Waals surface area contributed by atoms with E-state index in [1.54, 1.807) is 12.1 Å². The minimum atomic E-state index is -0.624. The van der Waals surface area contributed by atoms with Gasteiger partial charge in [-0.2, -0.15) is 0 Å². The molecular formula is C21H22O5. The highest BCUT2D eigenvalue weighted by Crippen LogP contribution is 2.22. The van der Waals surface area contributed by atoms with E-state index in [1.807, 2.05) is 12.1 Å². The molecule has 0 aliphatic rings. The maximum absolute atomic E-state index is 12.2. The number of esters is 2. The molecule has 0 saturated heterocycles. The maximum atomic E-state index is 12.2. The number of benzene rings is 2. The average molecular weight is 354 g/mol. The molecule has 5 heteroatoms. The third kappa shape index (κ3) is 4.79. The van der Waals surface area contributed by atoms with Crippen molar-refractivity contribution < 1.29 is 23.9 Å². The summed E-state index contributed by atoms with van der Waals surface area (Å²) in [6, 6.07) is 13.1. The van der Waals surface area contributed by atoms with Crippen LogP contribution in [-0.4, -0.2) is 31.4 Å². The lowest BCUT2D eigenvalue weighted by molar-refractivity contribution is 0.0474. The fourth-order valence-corrected chi connectivity index (χ4v) is 2.31. The molecule has 0 saturated carbocycles. The number of rotatable bonds is 5. The molecule has 0 atom stereocenters. The van der Waals surface area contributed by atoms with E-state index in [-0.39, 0.29) is 23.4 Å². The predicted molar refractivity (Wildman–Crippen MR) is 97.5 cm³/mol. The number of carbonyl (C=O) groups is 3. The van der Waals surface area contributed by atoms with E-state index in [0.717, 1.165) is 5.56 Å². The number of methoxy groups -OCH3 is 1. The average Bonchev–Trinajstić information content (AvgIpc) is 2.64. The molecule has 26 heavy (non-hydrogen) atoms. The van der Waals surface area contributed by atoms with E-state index in [1.165, 1.54) is 31.4 Å². The van der Waals surface area contributed by atoms with Crippen molar-refractivity contribution in [1.82, 2.24) is 0 Å². The number of hydrogen-bond donors (Lipinski definition) is 0. The van der Waals surface area contributed by atoms with Crippen LogP contribution in [0.1, 0.15) is 57.4 Å². The van der Waals surface area contributed by atoms with E-state index >= 15 is 0 Å². The van der Waals surface area contributed by atoms with Gasteiger partial charge in [0.1, 0.15) is 0 Å². The quantitative estimate of drug-likeness (QED) is 0.603. The Bertz CT molecular complexity index is 796. The lowest BCUT2D eigenvalue weighted by Crippen LogP contribution is -2.15. The molecule has 0 heterocycles. The lowest BCUT2D eigenvalue weighted by atomic mass is 9.86. The van der Waals surface area contributed by atoms with Gasteiger partial charge in [0.15, 0.2) is 12.4 Å². The number of ketones is 1. The molecule has 5 nitrogen and oxygen atoms in total. The monoisotopic (exact) mass is 354 g/mol. The molecule has 0 aliphatic carbocycles. The van der Waals surface area contributed by atoms with Gasteiger partial charge in [-0.1, -0.05) is 45.0 Å². The lowest BCUT2D eigenvalue weighted by Gasteiger charge is -2.18. The molecule has 0 spiro atoms. The van der Waals surface area contributed by atoms with Crippen LogP contribution in [0.4, 0.5) is 0 Å². The normalized spacial score (nSPS) is 10.9. The zero-order chi connectivity index (χ0) is 19.3. The minimum absolute atomic E-state index is 0.00437. The van der Waals surface area contributed by atoms with Gasteiger partial charge in [0, 0.05) is 5.56 Å². The van der Waals surface area contributed by atoms with Crippen LogP contribution in [0.15, 0.2) is 48.5 Å². The number of Topliss-reactive ketones (excluding diaryl/α,β-unsaturated/α-hetero) is 1. The minimum Gasteiger partial charge on any atom is -0.465 e. The van der Waals surface area contributed by atoms with Crippen LogP contribution in [0.2, 0.25) is 0 Å². The van der Waals surface area contributed by atoms with Crippen molar-refractivity contribution in [3.63, 3.8) is 0 Å². The van der Waals surface area contributed by atoms with E-state index in [0.29, 0.717) is 11.1 Å². The molecule has 0 N–H and O–H groups in total. The summed E-state index contributed by atoms with van der Waals surface area (Å²) in [4.78, 5) is 35.6. The van der Waals surface area contributed by atoms with E-state index < -0.39 is 11.9 Å². The second-order valence-electron chi connectivity index (χ2n) is 6.90. The smallest absolute Gasteiger partial charge is 0.338 e. The van der Waals surface area contributed by atoms with Gasteiger partial charge in [-0.3, -0.25) is 4.79 Å². The predicted octanol–water partition coefficient (Wildman–Crippen LogP) is 3.81.